The Morgan fingerprint density at radius 3 is 2.53 bits per heavy atom. The SMILES string of the molecule is CCOc1cc(Br)c(N2C(=NC(=O)Cc3ccccc3Cl)S[C@@H]3CS(=O)(=O)C[C@H]32)cc1OCC. The molecular formula is C23H24BrClN2O5S2. The number of fused-ring (bicyclic) bond motifs is 1. The molecule has 2 heterocycles. The maximum atomic E-state index is 12.9. The van der Waals surface area contributed by atoms with Gasteiger partial charge in [0.25, 0.3) is 5.91 Å². The molecule has 2 aromatic carbocycles. The number of anilines is 1. The summed E-state index contributed by atoms with van der Waals surface area (Å²) in [5.74, 6) is 0.806. The average Bonchev–Trinajstić information content (AvgIpc) is 3.22. The number of sulfone groups is 1. The van der Waals surface area contributed by atoms with Crippen molar-refractivity contribution in [3.63, 3.8) is 0 Å². The maximum absolute atomic E-state index is 12.9. The molecule has 34 heavy (non-hydrogen) atoms. The molecule has 1 amide bonds. The molecule has 0 unspecified atom stereocenters. The van der Waals surface area contributed by atoms with E-state index in [-0.39, 0.29) is 35.1 Å². The Balaban J connectivity index is 1.73. The van der Waals surface area contributed by atoms with Crippen molar-refractivity contribution in [2.45, 2.75) is 31.6 Å². The zero-order valence-corrected chi connectivity index (χ0v) is 22.6. The van der Waals surface area contributed by atoms with Crippen LogP contribution >= 0.6 is 39.3 Å². The Kier molecular flexibility index (Phi) is 7.81. The van der Waals surface area contributed by atoms with Gasteiger partial charge in [-0.2, -0.15) is 4.99 Å². The fourth-order valence-electron chi connectivity index (χ4n) is 4.04. The monoisotopic (exact) mass is 586 g/mol. The van der Waals surface area contributed by atoms with Gasteiger partial charge in [-0.1, -0.05) is 41.6 Å². The number of benzene rings is 2. The van der Waals surface area contributed by atoms with E-state index in [2.05, 4.69) is 20.9 Å². The first-order valence-corrected chi connectivity index (χ1v) is 14.7. The number of amidine groups is 1. The number of amides is 1. The van der Waals surface area contributed by atoms with Crippen molar-refractivity contribution in [3.05, 3.63) is 51.5 Å². The molecule has 11 heteroatoms. The van der Waals surface area contributed by atoms with Crippen LogP contribution in [0.2, 0.25) is 5.02 Å². The zero-order chi connectivity index (χ0) is 24.5. The molecule has 4 rings (SSSR count). The summed E-state index contributed by atoms with van der Waals surface area (Å²) >= 11 is 11.1. The standard InChI is InChI=1S/C23H24BrClN2O5S2/c1-3-31-19-10-15(24)17(11-20(19)32-4-2)27-18-12-34(29,30)13-21(18)33-23(27)26-22(28)9-14-7-5-6-8-16(14)25/h5-8,10-11,18,21H,3-4,9,12-13H2,1-2H3/t18-,21-/m1/s1. The van der Waals surface area contributed by atoms with Gasteiger partial charge in [-0.05, 0) is 41.4 Å². The number of ether oxygens (including phenoxy) is 2. The molecule has 2 fully saturated rings. The van der Waals surface area contributed by atoms with E-state index in [0.717, 1.165) is 0 Å². The van der Waals surface area contributed by atoms with Crippen molar-refractivity contribution in [1.82, 2.24) is 0 Å². The van der Waals surface area contributed by atoms with Gasteiger partial charge in [0.05, 0.1) is 42.9 Å². The highest BCUT2D eigenvalue weighted by Gasteiger charge is 2.50. The first kappa shape index (κ1) is 25.3. The fourth-order valence-corrected chi connectivity index (χ4v) is 8.68. The van der Waals surface area contributed by atoms with Gasteiger partial charge in [-0.3, -0.25) is 4.79 Å². The van der Waals surface area contributed by atoms with Crippen LogP contribution in [0.15, 0.2) is 45.9 Å². The van der Waals surface area contributed by atoms with Crippen LogP contribution in [0.3, 0.4) is 0 Å². The molecule has 2 aliphatic heterocycles. The highest BCUT2D eigenvalue weighted by atomic mass is 79.9. The molecule has 2 aliphatic rings. The van der Waals surface area contributed by atoms with E-state index in [1.807, 2.05) is 24.8 Å². The summed E-state index contributed by atoms with van der Waals surface area (Å²) in [7, 11) is -3.19. The molecule has 0 aliphatic carbocycles. The molecule has 0 radical (unpaired) electrons. The lowest BCUT2D eigenvalue weighted by molar-refractivity contribution is -0.117. The van der Waals surface area contributed by atoms with Crippen LogP contribution in [0.5, 0.6) is 11.5 Å². The minimum atomic E-state index is -3.19. The normalized spacial score (nSPS) is 22.1. The predicted octanol–water partition coefficient (Wildman–Crippen LogP) is 4.74. The Hall–Kier alpha value is -1.75. The van der Waals surface area contributed by atoms with Crippen LogP contribution < -0.4 is 14.4 Å². The minimum absolute atomic E-state index is 0.00793. The van der Waals surface area contributed by atoms with Crippen LogP contribution in [0, 0.1) is 0 Å². The summed E-state index contributed by atoms with van der Waals surface area (Å²) < 4.78 is 37.0. The lowest BCUT2D eigenvalue weighted by atomic mass is 10.1. The Bertz CT molecular complexity index is 1240. The second-order valence-electron chi connectivity index (χ2n) is 7.84. The van der Waals surface area contributed by atoms with Crippen LogP contribution in [0.1, 0.15) is 19.4 Å². The van der Waals surface area contributed by atoms with E-state index in [1.165, 1.54) is 11.8 Å². The van der Waals surface area contributed by atoms with E-state index >= 15 is 0 Å². The third-order valence-electron chi connectivity index (χ3n) is 5.46. The highest BCUT2D eigenvalue weighted by molar-refractivity contribution is 9.10. The number of hydrogen-bond donors (Lipinski definition) is 0. The van der Waals surface area contributed by atoms with Crippen molar-refractivity contribution in [2.75, 3.05) is 29.6 Å². The molecule has 0 bridgehead atoms. The Morgan fingerprint density at radius 2 is 1.85 bits per heavy atom. The summed E-state index contributed by atoms with van der Waals surface area (Å²) in [5, 5.41) is 0.755. The topological polar surface area (TPSA) is 85.3 Å². The molecule has 2 saturated heterocycles. The first-order valence-electron chi connectivity index (χ1n) is 10.8. The zero-order valence-electron chi connectivity index (χ0n) is 18.7. The fraction of sp³-hybridized carbons (Fsp3) is 0.391. The van der Waals surface area contributed by atoms with Gasteiger partial charge in [0.1, 0.15) is 0 Å². The number of aliphatic imine (C=N–C) groups is 1. The predicted molar refractivity (Wildman–Crippen MR) is 140 cm³/mol. The van der Waals surface area contributed by atoms with Crippen LogP contribution in [-0.4, -0.2) is 55.5 Å². The number of carbonyl (C=O) groups is 1. The lowest BCUT2D eigenvalue weighted by Crippen LogP contribution is -2.38. The van der Waals surface area contributed by atoms with Crippen molar-refractivity contribution in [2.24, 2.45) is 4.99 Å². The smallest absolute Gasteiger partial charge is 0.252 e. The molecule has 182 valence electrons. The van der Waals surface area contributed by atoms with Crippen LogP contribution in [0.25, 0.3) is 0 Å². The first-order chi connectivity index (χ1) is 16.2. The van der Waals surface area contributed by atoms with Gasteiger partial charge >= 0.3 is 0 Å². The van der Waals surface area contributed by atoms with Gasteiger partial charge in [-0.15, -0.1) is 0 Å². The van der Waals surface area contributed by atoms with Crippen LogP contribution in [-0.2, 0) is 21.1 Å². The molecular weight excluding hydrogens is 564 g/mol. The number of nitrogens with zero attached hydrogens (tertiary/aromatic N) is 2. The lowest BCUT2D eigenvalue weighted by Gasteiger charge is -2.27. The quantitative estimate of drug-likeness (QED) is 0.462. The van der Waals surface area contributed by atoms with Crippen molar-refractivity contribution in [3.8, 4) is 11.5 Å². The van der Waals surface area contributed by atoms with Gasteiger partial charge < -0.3 is 14.4 Å². The molecule has 0 aromatic heterocycles. The third kappa shape index (κ3) is 5.40. The molecule has 0 spiro atoms. The third-order valence-corrected chi connectivity index (χ3v) is 9.67. The molecule has 0 saturated carbocycles. The van der Waals surface area contributed by atoms with E-state index in [1.54, 1.807) is 30.3 Å². The minimum Gasteiger partial charge on any atom is -0.490 e. The van der Waals surface area contributed by atoms with Gasteiger partial charge in [0.15, 0.2) is 26.5 Å². The summed E-state index contributed by atoms with van der Waals surface area (Å²) in [4.78, 5) is 19.1. The number of halogens is 2. The highest BCUT2D eigenvalue weighted by Crippen LogP contribution is 2.46. The van der Waals surface area contributed by atoms with Gasteiger partial charge in [-0.25, -0.2) is 8.42 Å². The van der Waals surface area contributed by atoms with E-state index in [9.17, 15) is 13.2 Å². The van der Waals surface area contributed by atoms with E-state index in [4.69, 9.17) is 21.1 Å². The Labute approximate surface area is 216 Å². The number of thioether (sulfide) groups is 1. The average molecular weight is 588 g/mol. The van der Waals surface area contributed by atoms with E-state index < -0.39 is 9.84 Å². The Morgan fingerprint density at radius 1 is 1.18 bits per heavy atom. The molecule has 7 nitrogen and oxygen atoms in total. The maximum Gasteiger partial charge on any atom is 0.252 e. The summed E-state index contributed by atoms with van der Waals surface area (Å²) in [6, 6.07) is 10.4. The van der Waals surface area contributed by atoms with Crippen molar-refractivity contribution >= 4 is 65.9 Å². The molecule has 2 atom stereocenters. The van der Waals surface area contributed by atoms with Gasteiger partial charge in [0, 0.05) is 26.9 Å². The number of carbonyl (C=O) groups excluding carboxylic acids is 1. The van der Waals surface area contributed by atoms with Crippen molar-refractivity contribution < 1.29 is 22.7 Å². The van der Waals surface area contributed by atoms with Gasteiger partial charge in [0.2, 0.25) is 0 Å². The van der Waals surface area contributed by atoms with Crippen molar-refractivity contribution in [1.29, 1.82) is 0 Å². The second-order valence-corrected chi connectivity index (χ2v) is 12.5. The number of rotatable bonds is 7. The largest absolute Gasteiger partial charge is 0.490 e. The second kappa shape index (κ2) is 10.5. The summed E-state index contributed by atoms with van der Waals surface area (Å²) in [6.45, 7) is 4.67. The molecule has 0 N–H and O–H groups in total. The summed E-state index contributed by atoms with van der Waals surface area (Å²) in [6.07, 6.45) is 0.0554. The molecule has 2 aromatic rings. The van der Waals surface area contributed by atoms with Crippen LogP contribution in [0.4, 0.5) is 5.69 Å². The van der Waals surface area contributed by atoms with E-state index in [0.29, 0.717) is 50.6 Å². The summed E-state index contributed by atoms with van der Waals surface area (Å²) in [5.41, 5.74) is 1.37. The number of hydrogen-bond acceptors (Lipinski definition) is 6.